The van der Waals surface area contributed by atoms with Crippen LogP contribution >= 0.6 is 0 Å². The summed E-state index contributed by atoms with van der Waals surface area (Å²) in [6.07, 6.45) is 7.77. The molecule has 3 heterocycles. The van der Waals surface area contributed by atoms with Gasteiger partial charge in [0.1, 0.15) is 6.17 Å². The number of aromatic nitrogens is 6. The molecule has 2 aliphatic carbocycles. The largest absolute Gasteiger partial charge is 0.338 e. The lowest BCUT2D eigenvalue weighted by atomic mass is 9.87. The molecular formula is C27H28FN7O2. The molecule has 1 N–H and O–H groups in total. The lowest BCUT2D eigenvalue weighted by molar-refractivity contribution is 0.0958. The summed E-state index contributed by atoms with van der Waals surface area (Å²) in [7, 11) is 1.84. The molecular weight excluding hydrogens is 473 g/mol. The van der Waals surface area contributed by atoms with Gasteiger partial charge in [0.2, 0.25) is 23.4 Å². The second-order valence-electron chi connectivity index (χ2n) is 10.4. The third kappa shape index (κ3) is 4.87. The van der Waals surface area contributed by atoms with Gasteiger partial charge in [-0.25, -0.2) is 14.4 Å². The summed E-state index contributed by atoms with van der Waals surface area (Å²) in [5.41, 5.74) is 4.19. The maximum Gasteiger partial charge on any atom is 0.238 e. The van der Waals surface area contributed by atoms with Crippen molar-refractivity contribution in [1.82, 2.24) is 29.9 Å². The van der Waals surface area contributed by atoms with E-state index in [9.17, 15) is 9.18 Å². The van der Waals surface area contributed by atoms with E-state index < -0.39 is 6.17 Å². The minimum absolute atomic E-state index is 0.0906. The van der Waals surface area contributed by atoms with Gasteiger partial charge in [-0.15, -0.1) is 0 Å². The molecule has 1 fully saturated rings. The van der Waals surface area contributed by atoms with Gasteiger partial charge >= 0.3 is 0 Å². The van der Waals surface area contributed by atoms with Gasteiger partial charge in [-0.2, -0.15) is 10.1 Å². The molecule has 9 nitrogen and oxygen atoms in total. The monoisotopic (exact) mass is 501 g/mol. The van der Waals surface area contributed by atoms with Crippen LogP contribution in [-0.2, 0) is 18.9 Å². The van der Waals surface area contributed by atoms with E-state index in [1.807, 2.05) is 37.5 Å². The van der Waals surface area contributed by atoms with E-state index in [-0.39, 0.29) is 29.4 Å². The van der Waals surface area contributed by atoms with Gasteiger partial charge in [-0.1, -0.05) is 24.2 Å². The molecule has 4 aromatic rings. The zero-order valence-corrected chi connectivity index (χ0v) is 20.8. The highest BCUT2D eigenvalue weighted by atomic mass is 19.1. The fourth-order valence-electron chi connectivity index (χ4n) is 4.92. The van der Waals surface area contributed by atoms with Gasteiger partial charge in [-0.3, -0.25) is 9.48 Å². The number of hydrogen-bond donors (Lipinski definition) is 1. The Morgan fingerprint density at radius 3 is 2.89 bits per heavy atom. The van der Waals surface area contributed by atoms with Gasteiger partial charge < -0.3 is 9.84 Å². The van der Waals surface area contributed by atoms with Crippen LogP contribution in [0.4, 0.5) is 16.0 Å². The number of halogens is 1. The van der Waals surface area contributed by atoms with E-state index in [4.69, 9.17) is 4.52 Å². The van der Waals surface area contributed by atoms with Crippen LogP contribution in [0.3, 0.4) is 0 Å². The highest BCUT2D eigenvalue weighted by molar-refractivity contribution is 5.93. The van der Waals surface area contributed by atoms with Crippen molar-refractivity contribution in [3.05, 3.63) is 65.7 Å². The fraction of sp³-hybridized carbons (Fsp3) is 0.407. The first-order valence-electron chi connectivity index (χ1n) is 12.6. The van der Waals surface area contributed by atoms with Crippen LogP contribution in [0.15, 0.2) is 47.4 Å². The van der Waals surface area contributed by atoms with E-state index in [0.29, 0.717) is 31.1 Å². The number of rotatable bonds is 7. The van der Waals surface area contributed by atoms with Gasteiger partial charge in [-0.05, 0) is 54.9 Å². The lowest BCUT2D eigenvalue weighted by Gasteiger charge is -2.17. The Balaban J connectivity index is 1.24. The Bertz CT molecular complexity index is 1460. The molecule has 1 aromatic carbocycles. The number of anilines is 2. The Morgan fingerprint density at radius 2 is 2.11 bits per heavy atom. The van der Waals surface area contributed by atoms with Crippen LogP contribution in [0, 0.1) is 0 Å². The molecule has 0 bridgehead atoms. The van der Waals surface area contributed by atoms with Crippen molar-refractivity contribution in [3.63, 3.8) is 0 Å². The number of ketones is 1. The third-order valence-corrected chi connectivity index (χ3v) is 7.39. The summed E-state index contributed by atoms with van der Waals surface area (Å²) in [5.74, 6) is 0.832. The van der Waals surface area contributed by atoms with E-state index in [1.165, 1.54) is 0 Å². The van der Waals surface area contributed by atoms with E-state index in [1.54, 1.807) is 17.1 Å². The summed E-state index contributed by atoms with van der Waals surface area (Å²) in [5, 5.41) is 11.2. The quantitative estimate of drug-likeness (QED) is 0.275. The van der Waals surface area contributed by atoms with Crippen LogP contribution in [-0.4, -0.2) is 41.8 Å². The Hall–Kier alpha value is -3.95. The second kappa shape index (κ2) is 9.17. The summed E-state index contributed by atoms with van der Waals surface area (Å²) < 4.78 is 21.8. The molecule has 2 atom stereocenters. The zero-order valence-electron chi connectivity index (χ0n) is 20.8. The van der Waals surface area contributed by atoms with Crippen molar-refractivity contribution in [1.29, 1.82) is 0 Å². The molecule has 3 aromatic heterocycles. The Labute approximate surface area is 213 Å². The van der Waals surface area contributed by atoms with E-state index in [2.05, 4.69) is 37.4 Å². The molecule has 37 heavy (non-hydrogen) atoms. The van der Waals surface area contributed by atoms with E-state index in [0.717, 1.165) is 40.9 Å². The molecule has 0 radical (unpaired) electrons. The molecule has 0 saturated heterocycles. The number of fused-ring (bicyclic) bond motifs is 1. The summed E-state index contributed by atoms with van der Waals surface area (Å²) in [6.45, 7) is 2.06. The number of aryl methyl sites for hydroxylation is 1. The molecule has 1 saturated carbocycles. The normalized spacial score (nSPS) is 20.2. The highest BCUT2D eigenvalue weighted by Gasteiger charge is 2.45. The molecule has 0 unspecified atom stereocenters. The highest BCUT2D eigenvalue weighted by Crippen LogP contribution is 2.46. The predicted octanol–water partition coefficient (Wildman–Crippen LogP) is 5.09. The number of Topliss-reactive ketones (excluding diaryl/α,β-unsaturated/α-hetero) is 1. The number of alkyl halides is 1. The van der Waals surface area contributed by atoms with Crippen LogP contribution in [0.5, 0.6) is 0 Å². The average molecular weight is 502 g/mol. The minimum atomic E-state index is -0.964. The van der Waals surface area contributed by atoms with Gasteiger partial charge in [0.05, 0.1) is 17.6 Å². The maximum atomic E-state index is 14.8. The van der Waals surface area contributed by atoms with Gasteiger partial charge in [0, 0.05) is 43.3 Å². The van der Waals surface area contributed by atoms with Crippen LogP contribution in [0.1, 0.15) is 72.6 Å². The van der Waals surface area contributed by atoms with Crippen molar-refractivity contribution in [2.45, 2.75) is 63.0 Å². The first-order valence-corrected chi connectivity index (χ1v) is 12.6. The van der Waals surface area contributed by atoms with Crippen LogP contribution in [0.2, 0.25) is 0 Å². The number of carbonyl (C=O) groups is 1. The van der Waals surface area contributed by atoms with Crippen molar-refractivity contribution in [3.8, 4) is 11.3 Å². The van der Waals surface area contributed by atoms with Crippen LogP contribution < -0.4 is 5.32 Å². The molecule has 0 aliphatic heterocycles. The van der Waals surface area contributed by atoms with E-state index >= 15 is 0 Å². The number of carbonyl (C=O) groups excluding carboxylic acids is 1. The van der Waals surface area contributed by atoms with Crippen molar-refractivity contribution < 1.29 is 13.7 Å². The third-order valence-electron chi connectivity index (χ3n) is 7.39. The number of nitrogens with one attached hydrogen (secondary N) is 1. The summed E-state index contributed by atoms with van der Waals surface area (Å²) >= 11 is 0. The lowest BCUT2D eigenvalue weighted by Crippen LogP contribution is -2.10. The summed E-state index contributed by atoms with van der Waals surface area (Å²) in [6, 6.07) is 7.80. The number of hydrogen-bond acceptors (Lipinski definition) is 8. The molecule has 10 heteroatoms. The maximum absolute atomic E-state index is 14.8. The van der Waals surface area contributed by atoms with Crippen molar-refractivity contribution in [2.75, 3.05) is 5.32 Å². The van der Waals surface area contributed by atoms with Gasteiger partial charge in [0.25, 0.3) is 0 Å². The van der Waals surface area contributed by atoms with Crippen molar-refractivity contribution >= 4 is 17.4 Å². The zero-order chi connectivity index (χ0) is 25.6. The standard InChI is InChI=1S/C27H28FN7O2/c1-27(8-9-27)25-33-24(34-37-25)23(36)13-16-3-5-19(28)12-18-11-17(4-6-21(16)18)22-7-10-29-26(32-22)31-20-14-30-35(2)15-20/h4,6-7,10-11,14-16,19H,3,5,8-9,12-13H2,1-2H3,(H,29,31,32)/t16-,19-/m0/s1. The molecule has 2 aliphatic rings. The van der Waals surface area contributed by atoms with Gasteiger partial charge in [0.15, 0.2) is 0 Å². The fourth-order valence-corrected chi connectivity index (χ4v) is 4.92. The molecule has 0 amide bonds. The SMILES string of the molecule is Cn1cc(Nc2nccc(-c3ccc4c(c3)C[C@@H](F)CC[C@H]4CC(=O)c3noc(C4(C)CC4)n3)n2)cn1. The molecule has 6 rings (SSSR count). The Morgan fingerprint density at radius 1 is 1.24 bits per heavy atom. The Kier molecular flexibility index (Phi) is 5.81. The topological polar surface area (TPSA) is 112 Å². The molecule has 0 spiro atoms. The predicted molar refractivity (Wildman–Crippen MR) is 134 cm³/mol. The summed E-state index contributed by atoms with van der Waals surface area (Å²) in [4.78, 5) is 26.4. The van der Waals surface area contributed by atoms with Crippen LogP contribution in [0.25, 0.3) is 11.3 Å². The first-order chi connectivity index (χ1) is 17.9. The first kappa shape index (κ1) is 23.4. The minimum Gasteiger partial charge on any atom is -0.338 e. The van der Waals surface area contributed by atoms with Crippen molar-refractivity contribution in [2.24, 2.45) is 7.05 Å². The number of nitrogens with zero attached hydrogens (tertiary/aromatic N) is 6. The average Bonchev–Trinajstić information content (AvgIpc) is 3.28. The smallest absolute Gasteiger partial charge is 0.238 e. The molecule has 190 valence electrons. The second-order valence-corrected chi connectivity index (χ2v) is 10.4. The number of benzene rings is 1.